The molecule has 1 aliphatic carbocycles. The minimum absolute atomic E-state index is 0.187. The minimum Gasteiger partial charge on any atom is -0.354 e. The molecule has 154 valence electrons. The lowest BCUT2D eigenvalue weighted by Gasteiger charge is -2.43. The third kappa shape index (κ3) is 3.80. The van der Waals surface area contributed by atoms with E-state index in [1.807, 2.05) is 0 Å². The average Bonchev–Trinajstić information content (AvgIpc) is 2.76. The molecule has 8 nitrogen and oxygen atoms in total. The summed E-state index contributed by atoms with van der Waals surface area (Å²) >= 11 is 0. The van der Waals surface area contributed by atoms with Gasteiger partial charge in [0.05, 0.1) is 11.3 Å². The molecule has 4 rings (SSSR count). The van der Waals surface area contributed by atoms with E-state index in [1.165, 1.54) is 50.0 Å². The number of aromatic nitrogens is 5. The molecule has 3 aromatic rings. The van der Waals surface area contributed by atoms with E-state index in [2.05, 4.69) is 35.6 Å². The standard InChI is InChI=1S/C20H19F2N7O/c1-23-18(30)15-4-6-25-17(29-15)12-9-26-19(27-10-12)28-11-20(7-13(21)8-20)16-14(22)3-2-5-24-16/h2-6,9-10,13H,7-8,11H2,1H3,(H,23,30)(H,26,27,28). The van der Waals surface area contributed by atoms with E-state index in [0.29, 0.717) is 17.3 Å². The highest BCUT2D eigenvalue weighted by molar-refractivity contribution is 5.92. The van der Waals surface area contributed by atoms with Crippen LogP contribution in [0.3, 0.4) is 0 Å². The van der Waals surface area contributed by atoms with Gasteiger partial charge < -0.3 is 10.6 Å². The number of halogens is 2. The zero-order valence-corrected chi connectivity index (χ0v) is 16.1. The Morgan fingerprint density at radius 1 is 1.17 bits per heavy atom. The van der Waals surface area contributed by atoms with Crippen LogP contribution in [0.4, 0.5) is 14.7 Å². The highest BCUT2D eigenvalue weighted by Crippen LogP contribution is 2.45. The molecule has 0 aliphatic heterocycles. The second-order valence-corrected chi connectivity index (χ2v) is 7.11. The highest BCUT2D eigenvalue weighted by atomic mass is 19.1. The lowest BCUT2D eigenvalue weighted by atomic mass is 9.65. The molecule has 0 aromatic carbocycles. The number of amides is 1. The maximum Gasteiger partial charge on any atom is 0.269 e. The zero-order chi connectivity index (χ0) is 21.1. The van der Waals surface area contributed by atoms with Gasteiger partial charge in [0, 0.05) is 43.8 Å². The van der Waals surface area contributed by atoms with E-state index >= 15 is 0 Å². The van der Waals surface area contributed by atoms with Crippen molar-refractivity contribution in [2.45, 2.75) is 24.4 Å². The van der Waals surface area contributed by atoms with E-state index in [9.17, 15) is 13.6 Å². The van der Waals surface area contributed by atoms with Crippen molar-refractivity contribution in [2.75, 3.05) is 18.9 Å². The summed E-state index contributed by atoms with van der Waals surface area (Å²) in [7, 11) is 1.52. The van der Waals surface area contributed by atoms with Gasteiger partial charge in [-0.25, -0.2) is 28.7 Å². The van der Waals surface area contributed by atoms with Gasteiger partial charge in [0.2, 0.25) is 5.95 Å². The first-order chi connectivity index (χ1) is 14.5. The number of anilines is 1. The van der Waals surface area contributed by atoms with Crippen LogP contribution < -0.4 is 10.6 Å². The molecule has 10 heteroatoms. The fourth-order valence-corrected chi connectivity index (χ4v) is 3.52. The first kappa shape index (κ1) is 19.7. The van der Waals surface area contributed by atoms with Gasteiger partial charge in [-0.05, 0) is 31.0 Å². The normalized spacial score (nSPS) is 20.3. The number of carbonyl (C=O) groups excluding carboxylic acids is 1. The number of nitrogens with one attached hydrogen (secondary N) is 2. The quantitative estimate of drug-likeness (QED) is 0.641. The second kappa shape index (κ2) is 8.05. The van der Waals surface area contributed by atoms with Gasteiger partial charge in [-0.1, -0.05) is 0 Å². The smallest absolute Gasteiger partial charge is 0.269 e. The summed E-state index contributed by atoms with van der Waals surface area (Å²) in [6.07, 6.45) is 5.41. The van der Waals surface area contributed by atoms with E-state index in [4.69, 9.17) is 0 Å². The van der Waals surface area contributed by atoms with E-state index in [1.54, 1.807) is 0 Å². The minimum atomic E-state index is -0.985. The number of pyridine rings is 1. The molecular formula is C20H19F2N7O. The van der Waals surface area contributed by atoms with Crippen LogP contribution in [-0.4, -0.2) is 50.6 Å². The highest BCUT2D eigenvalue weighted by Gasteiger charge is 2.48. The van der Waals surface area contributed by atoms with Gasteiger partial charge >= 0.3 is 0 Å². The number of hydrogen-bond donors (Lipinski definition) is 2. The molecule has 3 heterocycles. The Kier molecular flexibility index (Phi) is 5.30. The van der Waals surface area contributed by atoms with Crippen molar-refractivity contribution >= 4 is 11.9 Å². The number of carbonyl (C=O) groups is 1. The first-order valence-corrected chi connectivity index (χ1v) is 9.37. The molecule has 2 N–H and O–H groups in total. The van der Waals surface area contributed by atoms with Crippen molar-refractivity contribution in [3.8, 4) is 11.4 Å². The molecule has 30 heavy (non-hydrogen) atoms. The molecule has 0 atom stereocenters. The van der Waals surface area contributed by atoms with Crippen LogP contribution in [0.5, 0.6) is 0 Å². The summed E-state index contributed by atoms with van der Waals surface area (Å²) in [5.41, 5.74) is 0.277. The van der Waals surface area contributed by atoms with Gasteiger partial charge in [-0.3, -0.25) is 9.78 Å². The number of alkyl halides is 1. The molecular weight excluding hydrogens is 392 g/mol. The van der Waals surface area contributed by atoms with Crippen molar-refractivity contribution in [1.82, 2.24) is 30.2 Å². The topological polar surface area (TPSA) is 106 Å². The SMILES string of the molecule is CNC(=O)c1ccnc(-c2cnc(NCC3(c4ncccc4F)CC(F)C3)nc2)n1. The predicted molar refractivity (Wildman–Crippen MR) is 105 cm³/mol. The van der Waals surface area contributed by atoms with Crippen LogP contribution in [0.2, 0.25) is 0 Å². The van der Waals surface area contributed by atoms with Crippen molar-refractivity contribution in [1.29, 1.82) is 0 Å². The molecule has 0 saturated heterocycles. The Morgan fingerprint density at radius 2 is 1.93 bits per heavy atom. The Bertz CT molecular complexity index is 1060. The zero-order valence-electron chi connectivity index (χ0n) is 16.1. The van der Waals surface area contributed by atoms with Crippen LogP contribution in [0.15, 0.2) is 43.0 Å². The summed E-state index contributed by atoms with van der Waals surface area (Å²) in [6, 6.07) is 4.34. The monoisotopic (exact) mass is 411 g/mol. The maximum absolute atomic E-state index is 14.2. The van der Waals surface area contributed by atoms with Crippen molar-refractivity contribution in [3.63, 3.8) is 0 Å². The first-order valence-electron chi connectivity index (χ1n) is 9.37. The number of rotatable bonds is 6. The van der Waals surface area contributed by atoms with Crippen LogP contribution in [-0.2, 0) is 5.41 Å². The Morgan fingerprint density at radius 3 is 2.60 bits per heavy atom. The summed E-state index contributed by atoms with van der Waals surface area (Å²) in [4.78, 5) is 32.7. The van der Waals surface area contributed by atoms with E-state index in [-0.39, 0.29) is 36.7 Å². The third-order valence-electron chi connectivity index (χ3n) is 5.10. The molecule has 1 saturated carbocycles. The predicted octanol–water partition coefficient (Wildman–Crippen LogP) is 2.31. The fourth-order valence-electron chi connectivity index (χ4n) is 3.52. The molecule has 0 bridgehead atoms. The summed E-state index contributed by atoms with van der Waals surface area (Å²) in [5.74, 6) is -0.152. The molecule has 1 aliphatic rings. The largest absolute Gasteiger partial charge is 0.354 e. The van der Waals surface area contributed by atoms with Crippen molar-refractivity contribution in [3.05, 3.63) is 60.2 Å². The molecule has 1 amide bonds. The molecule has 3 aromatic heterocycles. The van der Waals surface area contributed by atoms with E-state index < -0.39 is 17.4 Å². The van der Waals surface area contributed by atoms with E-state index in [0.717, 1.165) is 0 Å². The van der Waals surface area contributed by atoms with Crippen LogP contribution >= 0.6 is 0 Å². The van der Waals surface area contributed by atoms with Gasteiger partial charge in [0.1, 0.15) is 17.7 Å². The lowest BCUT2D eigenvalue weighted by molar-refractivity contribution is 0.0955. The molecule has 1 fully saturated rings. The Hall–Kier alpha value is -3.56. The Balaban J connectivity index is 1.49. The van der Waals surface area contributed by atoms with Crippen molar-refractivity contribution in [2.24, 2.45) is 0 Å². The van der Waals surface area contributed by atoms with Gasteiger partial charge in [-0.15, -0.1) is 0 Å². The second-order valence-electron chi connectivity index (χ2n) is 7.11. The van der Waals surface area contributed by atoms with Crippen LogP contribution in [0.25, 0.3) is 11.4 Å². The van der Waals surface area contributed by atoms with Crippen LogP contribution in [0.1, 0.15) is 29.0 Å². The Labute approximate surface area is 171 Å². The lowest BCUT2D eigenvalue weighted by Crippen LogP contribution is -2.49. The van der Waals surface area contributed by atoms with Crippen LogP contribution in [0, 0.1) is 5.82 Å². The van der Waals surface area contributed by atoms with Gasteiger partial charge in [0.15, 0.2) is 5.82 Å². The maximum atomic E-state index is 14.2. The molecule has 0 unspecified atom stereocenters. The third-order valence-corrected chi connectivity index (χ3v) is 5.10. The summed E-state index contributed by atoms with van der Waals surface area (Å²) in [5, 5.41) is 5.55. The summed E-state index contributed by atoms with van der Waals surface area (Å²) in [6.45, 7) is 0.253. The number of hydrogen-bond acceptors (Lipinski definition) is 7. The molecule has 0 radical (unpaired) electrons. The van der Waals surface area contributed by atoms with Crippen molar-refractivity contribution < 1.29 is 13.6 Å². The summed E-state index contributed by atoms with van der Waals surface area (Å²) < 4.78 is 27.9. The number of nitrogens with zero attached hydrogens (tertiary/aromatic N) is 5. The van der Waals surface area contributed by atoms with Gasteiger partial charge in [0.25, 0.3) is 5.91 Å². The molecule has 0 spiro atoms. The average molecular weight is 411 g/mol. The van der Waals surface area contributed by atoms with Gasteiger partial charge in [-0.2, -0.15) is 0 Å². The fraction of sp³-hybridized carbons (Fsp3) is 0.300.